The highest BCUT2D eigenvalue weighted by molar-refractivity contribution is 4.90. The van der Waals surface area contributed by atoms with Crippen molar-refractivity contribution in [1.29, 1.82) is 0 Å². The number of hydrogen-bond donors (Lipinski definition) is 2. The zero-order valence-corrected chi connectivity index (χ0v) is 5.33. The Hall–Kier alpha value is -0.830. The summed E-state index contributed by atoms with van der Waals surface area (Å²) in [4.78, 5) is 6.71. The van der Waals surface area contributed by atoms with Gasteiger partial charge in [0.15, 0.2) is 0 Å². The number of aliphatic hydroxyl groups is 1. The fourth-order valence-electron chi connectivity index (χ4n) is 0.653. The van der Waals surface area contributed by atoms with Gasteiger partial charge < -0.3 is 10.1 Å². The molecule has 0 aliphatic heterocycles. The van der Waals surface area contributed by atoms with Crippen LogP contribution in [0.25, 0.3) is 0 Å². The topological polar surface area (TPSA) is 48.9 Å². The van der Waals surface area contributed by atoms with Crippen molar-refractivity contribution in [3.63, 3.8) is 0 Å². The summed E-state index contributed by atoms with van der Waals surface area (Å²) in [5, 5.41) is 9.12. The summed E-state index contributed by atoms with van der Waals surface area (Å²) in [6.45, 7) is 1.91. The standard InChI is InChI=1S/C6H10N2O/c1-2-5(9)6-7-3-4-8-6/h3-5,9H,2H2,1H3,(H,7,8)/t5-/m0/s1. The molecule has 0 saturated carbocycles. The SMILES string of the molecule is CC[C@H](O)c1ncc[nH]1. The number of rotatable bonds is 2. The molecule has 0 bridgehead atoms. The Morgan fingerprint density at radius 1 is 1.89 bits per heavy atom. The number of hydrogen-bond acceptors (Lipinski definition) is 2. The van der Waals surface area contributed by atoms with Gasteiger partial charge in [-0.25, -0.2) is 4.98 Å². The van der Waals surface area contributed by atoms with Gasteiger partial charge in [-0.1, -0.05) is 6.92 Å². The van der Waals surface area contributed by atoms with E-state index in [0.29, 0.717) is 12.2 Å². The molecule has 1 aromatic heterocycles. The summed E-state index contributed by atoms with van der Waals surface area (Å²) in [7, 11) is 0. The molecule has 1 heterocycles. The van der Waals surface area contributed by atoms with Gasteiger partial charge in [0, 0.05) is 12.4 Å². The van der Waals surface area contributed by atoms with E-state index in [2.05, 4.69) is 9.97 Å². The van der Waals surface area contributed by atoms with Crippen molar-refractivity contribution in [2.24, 2.45) is 0 Å². The zero-order valence-electron chi connectivity index (χ0n) is 5.33. The molecule has 1 aromatic rings. The maximum Gasteiger partial charge on any atom is 0.134 e. The number of aromatic amines is 1. The maximum absolute atomic E-state index is 9.12. The molecule has 50 valence electrons. The molecule has 0 saturated heterocycles. The summed E-state index contributed by atoms with van der Waals surface area (Å²) in [6, 6.07) is 0. The Balaban J connectivity index is 2.65. The van der Waals surface area contributed by atoms with E-state index in [1.54, 1.807) is 12.4 Å². The van der Waals surface area contributed by atoms with Gasteiger partial charge in [-0.15, -0.1) is 0 Å². The first-order valence-electron chi connectivity index (χ1n) is 3.02. The van der Waals surface area contributed by atoms with Gasteiger partial charge in [-0.3, -0.25) is 0 Å². The van der Waals surface area contributed by atoms with E-state index in [9.17, 15) is 0 Å². The van der Waals surface area contributed by atoms with Crippen LogP contribution in [0.4, 0.5) is 0 Å². The first-order chi connectivity index (χ1) is 4.34. The molecule has 1 rings (SSSR count). The molecular formula is C6H10N2O. The third-order valence-electron chi connectivity index (χ3n) is 1.22. The number of aromatic nitrogens is 2. The van der Waals surface area contributed by atoms with Gasteiger partial charge >= 0.3 is 0 Å². The molecule has 0 fully saturated rings. The lowest BCUT2D eigenvalue weighted by atomic mass is 10.3. The van der Waals surface area contributed by atoms with Crippen LogP contribution in [-0.2, 0) is 0 Å². The summed E-state index contributed by atoms with van der Waals surface area (Å²) >= 11 is 0. The smallest absolute Gasteiger partial charge is 0.134 e. The van der Waals surface area contributed by atoms with Crippen LogP contribution in [0.2, 0.25) is 0 Å². The highest BCUT2D eigenvalue weighted by Crippen LogP contribution is 2.08. The van der Waals surface area contributed by atoms with E-state index >= 15 is 0 Å². The second-order valence-electron chi connectivity index (χ2n) is 1.90. The van der Waals surface area contributed by atoms with E-state index in [1.807, 2.05) is 6.92 Å². The van der Waals surface area contributed by atoms with Crippen molar-refractivity contribution in [3.8, 4) is 0 Å². The summed E-state index contributed by atoms with van der Waals surface area (Å²) in [5.74, 6) is 0.650. The molecule has 0 aliphatic carbocycles. The van der Waals surface area contributed by atoms with E-state index < -0.39 is 6.10 Å². The lowest BCUT2D eigenvalue weighted by Crippen LogP contribution is -1.96. The van der Waals surface area contributed by atoms with Crippen LogP contribution in [0, 0.1) is 0 Å². The minimum atomic E-state index is -0.431. The number of aliphatic hydroxyl groups excluding tert-OH is 1. The van der Waals surface area contributed by atoms with Gasteiger partial charge in [-0.2, -0.15) is 0 Å². The number of H-pyrrole nitrogens is 1. The van der Waals surface area contributed by atoms with Crippen LogP contribution in [0.3, 0.4) is 0 Å². The lowest BCUT2D eigenvalue weighted by molar-refractivity contribution is 0.164. The second-order valence-corrected chi connectivity index (χ2v) is 1.90. The number of imidazole rings is 1. The molecule has 9 heavy (non-hydrogen) atoms. The second kappa shape index (κ2) is 2.64. The van der Waals surface area contributed by atoms with Crippen LogP contribution in [0.5, 0.6) is 0 Å². The molecule has 3 heteroatoms. The highest BCUT2D eigenvalue weighted by Gasteiger charge is 2.04. The Kier molecular flexibility index (Phi) is 1.85. The highest BCUT2D eigenvalue weighted by atomic mass is 16.3. The fraction of sp³-hybridized carbons (Fsp3) is 0.500. The minimum Gasteiger partial charge on any atom is -0.385 e. The first kappa shape index (κ1) is 6.29. The van der Waals surface area contributed by atoms with E-state index in [4.69, 9.17) is 5.11 Å². The largest absolute Gasteiger partial charge is 0.385 e. The quantitative estimate of drug-likeness (QED) is 0.617. The molecule has 1 atom stereocenters. The molecule has 0 aliphatic rings. The third-order valence-corrected chi connectivity index (χ3v) is 1.22. The Morgan fingerprint density at radius 2 is 2.67 bits per heavy atom. The Bertz CT molecular complexity index is 160. The average molecular weight is 126 g/mol. The molecule has 0 spiro atoms. The van der Waals surface area contributed by atoms with Gasteiger partial charge in [0.2, 0.25) is 0 Å². The Labute approximate surface area is 53.7 Å². The Morgan fingerprint density at radius 3 is 3.11 bits per heavy atom. The first-order valence-corrected chi connectivity index (χ1v) is 3.02. The molecule has 0 aromatic carbocycles. The van der Waals surface area contributed by atoms with Gasteiger partial charge in [0.25, 0.3) is 0 Å². The molecular weight excluding hydrogens is 116 g/mol. The molecule has 0 unspecified atom stereocenters. The number of nitrogens with one attached hydrogen (secondary N) is 1. The van der Waals surface area contributed by atoms with E-state index in [1.165, 1.54) is 0 Å². The number of nitrogens with zero attached hydrogens (tertiary/aromatic N) is 1. The molecule has 0 radical (unpaired) electrons. The predicted molar refractivity (Wildman–Crippen MR) is 33.8 cm³/mol. The third kappa shape index (κ3) is 1.29. The summed E-state index contributed by atoms with van der Waals surface area (Å²) in [5.41, 5.74) is 0. The van der Waals surface area contributed by atoms with Crippen molar-refractivity contribution < 1.29 is 5.11 Å². The van der Waals surface area contributed by atoms with Crippen molar-refractivity contribution in [1.82, 2.24) is 9.97 Å². The maximum atomic E-state index is 9.12. The van der Waals surface area contributed by atoms with Crippen LogP contribution >= 0.6 is 0 Å². The average Bonchev–Trinajstić information content (AvgIpc) is 2.37. The molecule has 2 N–H and O–H groups in total. The van der Waals surface area contributed by atoms with Crippen LogP contribution < -0.4 is 0 Å². The monoisotopic (exact) mass is 126 g/mol. The molecule has 3 nitrogen and oxygen atoms in total. The zero-order chi connectivity index (χ0) is 6.69. The van der Waals surface area contributed by atoms with Crippen LogP contribution in [0.15, 0.2) is 12.4 Å². The summed E-state index contributed by atoms with van der Waals surface area (Å²) in [6.07, 6.45) is 3.61. The van der Waals surface area contributed by atoms with E-state index in [-0.39, 0.29) is 0 Å². The minimum absolute atomic E-state index is 0.431. The van der Waals surface area contributed by atoms with Gasteiger partial charge in [-0.05, 0) is 6.42 Å². The van der Waals surface area contributed by atoms with Crippen LogP contribution in [-0.4, -0.2) is 15.1 Å². The van der Waals surface area contributed by atoms with Crippen molar-refractivity contribution >= 4 is 0 Å². The van der Waals surface area contributed by atoms with Crippen molar-refractivity contribution in [3.05, 3.63) is 18.2 Å². The summed E-state index contributed by atoms with van der Waals surface area (Å²) < 4.78 is 0. The van der Waals surface area contributed by atoms with Crippen LogP contribution in [0.1, 0.15) is 25.3 Å². The predicted octanol–water partition coefficient (Wildman–Crippen LogP) is 0.853. The molecule has 0 amide bonds. The van der Waals surface area contributed by atoms with Crippen molar-refractivity contribution in [2.45, 2.75) is 19.4 Å². The van der Waals surface area contributed by atoms with Gasteiger partial charge in [0.1, 0.15) is 11.9 Å². The lowest BCUT2D eigenvalue weighted by Gasteiger charge is -2.00. The van der Waals surface area contributed by atoms with Crippen molar-refractivity contribution in [2.75, 3.05) is 0 Å². The fourth-order valence-corrected chi connectivity index (χ4v) is 0.653. The van der Waals surface area contributed by atoms with Gasteiger partial charge in [0.05, 0.1) is 0 Å². The normalized spacial score (nSPS) is 13.6. The van der Waals surface area contributed by atoms with E-state index in [0.717, 1.165) is 0 Å².